The highest BCUT2D eigenvalue weighted by Crippen LogP contribution is 2.54. The first-order valence-corrected chi connectivity index (χ1v) is 15.3. The van der Waals surface area contributed by atoms with Crippen LogP contribution in [0.15, 0.2) is 62.8 Å². The Balaban J connectivity index is 1.43. The summed E-state index contributed by atoms with van der Waals surface area (Å²) in [5.74, 6) is -1.88. The van der Waals surface area contributed by atoms with Crippen molar-refractivity contribution in [1.29, 1.82) is 0 Å². The van der Waals surface area contributed by atoms with Gasteiger partial charge in [-0.05, 0) is 61.2 Å². The molecule has 2 fully saturated rings. The van der Waals surface area contributed by atoms with Crippen molar-refractivity contribution in [1.82, 2.24) is 9.47 Å². The second-order valence-electron chi connectivity index (χ2n) is 9.65. The summed E-state index contributed by atoms with van der Waals surface area (Å²) in [7, 11) is 0. The molecule has 7 nitrogen and oxygen atoms in total. The first kappa shape index (κ1) is 25.9. The van der Waals surface area contributed by atoms with Crippen LogP contribution in [0.25, 0.3) is 0 Å². The van der Waals surface area contributed by atoms with E-state index in [0.717, 1.165) is 45.5 Å². The molecule has 0 spiro atoms. The van der Waals surface area contributed by atoms with Crippen molar-refractivity contribution in [2.75, 3.05) is 18.0 Å². The average Bonchev–Trinajstić information content (AvgIpc) is 3.36. The number of thiazole rings is 1. The Morgan fingerprint density at radius 3 is 2.32 bits per heavy atom. The Labute approximate surface area is 240 Å². The minimum absolute atomic E-state index is 0.0643. The smallest absolute Gasteiger partial charge is 0.308 e. The maximum atomic E-state index is 13.9. The van der Waals surface area contributed by atoms with Crippen molar-refractivity contribution in [3.8, 4) is 0 Å². The number of piperidine rings is 1. The van der Waals surface area contributed by atoms with Gasteiger partial charge in [-0.15, -0.1) is 0 Å². The van der Waals surface area contributed by atoms with Crippen LogP contribution in [-0.2, 0) is 20.9 Å². The van der Waals surface area contributed by atoms with Gasteiger partial charge in [0.15, 0.2) is 0 Å². The van der Waals surface area contributed by atoms with E-state index in [1.165, 1.54) is 21.2 Å². The predicted molar refractivity (Wildman–Crippen MR) is 152 cm³/mol. The molecular weight excluding hydrogens is 610 g/mol. The van der Waals surface area contributed by atoms with Crippen LogP contribution >= 0.6 is 50.6 Å². The lowest BCUT2D eigenvalue weighted by Gasteiger charge is -2.31. The average molecular weight is 633 g/mol. The van der Waals surface area contributed by atoms with E-state index < -0.39 is 17.1 Å². The monoisotopic (exact) mass is 631 g/mol. The van der Waals surface area contributed by atoms with E-state index in [1.54, 1.807) is 24.3 Å². The Hall–Kier alpha value is -2.40. The fourth-order valence-corrected chi connectivity index (χ4v) is 8.67. The molecule has 196 valence electrons. The SMILES string of the molecule is O=C(Cn1c2c(sc1=O)[C@@H](c1ccc(Br)cc1)[C@@H]1C(=O)N(c3ccc(Cl)cc3)C(=O)[C@@H]1S2)N1CCCCC1. The van der Waals surface area contributed by atoms with E-state index in [2.05, 4.69) is 15.9 Å². The Morgan fingerprint density at radius 1 is 0.947 bits per heavy atom. The summed E-state index contributed by atoms with van der Waals surface area (Å²) in [6.45, 7) is 1.33. The molecule has 4 heterocycles. The molecule has 3 aliphatic heterocycles. The van der Waals surface area contributed by atoms with Crippen molar-refractivity contribution >= 4 is 74.0 Å². The Bertz CT molecular complexity index is 1480. The number of halogens is 2. The highest BCUT2D eigenvalue weighted by Gasteiger charge is 2.56. The number of amides is 3. The lowest BCUT2D eigenvalue weighted by Crippen LogP contribution is -2.39. The molecule has 6 rings (SSSR count). The van der Waals surface area contributed by atoms with Gasteiger partial charge in [-0.2, -0.15) is 0 Å². The quantitative estimate of drug-likeness (QED) is 0.373. The molecule has 2 aromatic carbocycles. The van der Waals surface area contributed by atoms with Crippen LogP contribution in [0.3, 0.4) is 0 Å². The van der Waals surface area contributed by atoms with Gasteiger partial charge in [-0.25, -0.2) is 4.90 Å². The lowest BCUT2D eigenvalue weighted by atomic mass is 9.83. The molecule has 3 amide bonds. The van der Waals surface area contributed by atoms with E-state index in [-0.39, 0.29) is 29.1 Å². The molecule has 1 aromatic heterocycles. The van der Waals surface area contributed by atoms with Gasteiger partial charge in [-0.1, -0.05) is 62.8 Å². The van der Waals surface area contributed by atoms with E-state index in [1.807, 2.05) is 29.2 Å². The van der Waals surface area contributed by atoms with Gasteiger partial charge in [0.25, 0.3) is 0 Å². The van der Waals surface area contributed by atoms with Crippen molar-refractivity contribution in [2.45, 2.75) is 42.0 Å². The summed E-state index contributed by atoms with van der Waals surface area (Å²) < 4.78 is 2.39. The van der Waals surface area contributed by atoms with E-state index in [0.29, 0.717) is 28.8 Å². The Morgan fingerprint density at radius 2 is 1.63 bits per heavy atom. The highest BCUT2D eigenvalue weighted by atomic mass is 79.9. The molecule has 38 heavy (non-hydrogen) atoms. The summed E-state index contributed by atoms with van der Waals surface area (Å²) in [5.41, 5.74) is 1.31. The topological polar surface area (TPSA) is 79.7 Å². The van der Waals surface area contributed by atoms with Gasteiger partial charge in [-0.3, -0.25) is 23.7 Å². The minimum Gasteiger partial charge on any atom is -0.341 e. The maximum Gasteiger partial charge on any atom is 0.308 e. The van der Waals surface area contributed by atoms with Gasteiger partial charge >= 0.3 is 4.87 Å². The second kappa shape index (κ2) is 10.3. The normalized spacial score (nSPS) is 22.9. The van der Waals surface area contributed by atoms with Crippen molar-refractivity contribution in [2.24, 2.45) is 5.92 Å². The fraction of sp³-hybridized carbons (Fsp3) is 0.333. The zero-order valence-electron chi connectivity index (χ0n) is 20.1. The number of imide groups is 1. The van der Waals surface area contributed by atoms with Crippen molar-refractivity contribution in [3.63, 3.8) is 0 Å². The molecule has 0 radical (unpaired) electrons. The summed E-state index contributed by atoms with van der Waals surface area (Å²) in [6.07, 6.45) is 3.03. The van der Waals surface area contributed by atoms with Crippen LogP contribution in [0.4, 0.5) is 5.69 Å². The zero-order valence-corrected chi connectivity index (χ0v) is 24.1. The predicted octanol–water partition coefficient (Wildman–Crippen LogP) is 5.13. The van der Waals surface area contributed by atoms with Gasteiger partial charge in [0.05, 0.1) is 16.6 Å². The molecule has 2 saturated heterocycles. The van der Waals surface area contributed by atoms with Crippen molar-refractivity contribution in [3.05, 3.63) is 78.1 Å². The number of anilines is 1. The van der Waals surface area contributed by atoms with Crippen molar-refractivity contribution < 1.29 is 14.4 Å². The summed E-state index contributed by atoms with van der Waals surface area (Å²) >= 11 is 11.8. The third-order valence-electron chi connectivity index (χ3n) is 7.37. The molecule has 3 atom stereocenters. The first-order chi connectivity index (χ1) is 18.3. The molecule has 11 heteroatoms. The molecule has 0 saturated carbocycles. The fourth-order valence-electron chi connectivity index (χ4n) is 5.51. The van der Waals surface area contributed by atoms with Crippen LogP contribution in [0, 0.1) is 5.92 Å². The third kappa shape index (κ3) is 4.45. The number of aromatic nitrogens is 1. The highest BCUT2D eigenvalue weighted by molar-refractivity contribution is 9.10. The zero-order chi connectivity index (χ0) is 26.6. The largest absolute Gasteiger partial charge is 0.341 e. The number of benzene rings is 2. The number of likely N-dealkylation sites (tertiary alicyclic amines) is 1. The van der Waals surface area contributed by atoms with Crippen LogP contribution in [0.1, 0.15) is 35.6 Å². The van der Waals surface area contributed by atoms with E-state index in [4.69, 9.17) is 11.6 Å². The van der Waals surface area contributed by atoms with Crippen LogP contribution in [0.5, 0.6) is 0 Å². The van der Waals surface area contributed by atoms with Crippen LogP contribution in [0.2, 0.25) is 5.02 Å². The molecule has 0 N–H and O–H groups in total. The first-order valence-electron chi connectivity index (χ1n) is 12.4. The van der Waals surface area contributed by atoms with Gasteiger partial charge in [0, 0.05) is 33.4 Å². The van der Waals surface area contributed by atoms with Crippen LogP contribution < -0.4 is 9.77 Å². The summed E-state index contributed by atoms with van der Waals surface area (Å²) in [6, 6.07) is 14.3. The van der Waals surface area contributed by atoms with Crippen LogP contribution in [-0.4, -0.2) is 45.5 Å². The maximum absolute atomic E-state index is 13.9. The van der Waals surface area contributed by atoms with E-state index >= 15 is 0 Å². The minimum atomic E-state index is -0.718. The number of hydrogen-bond acceptors (Lipinski definition) is 6. The molecule has 0 aliphatic carbocycles. The number of rotatable bonds is 4. The molecular formula is C27H23BrClN3O4S2. The van der Waals surface area contributed by atoms with E-state index in [9.17, 15) is 19.2 Å². The standard InChI is InChI=1S/C27H23BrClN3O4S2/c28-16-6-4-15(5-7-16)20-21-22(25(35)32(24(21)34)18-10-8-17(29)9-11-18)37-26-23(20)38-27(36)31(26)14-19(33)30-12-2-1-3-13-30/h4-11,20-22H,1-3,12-14H2/t20-,21-,22+/m0/s1. The number of carbonyl (C=O) groups is 3. The second-order valence-corrected chi connectivity index (χ2v) is 13.1. The van der Waals surface area contributed by atoms with Gasteiger partial charge in [0.1, 0.15) is 11.8 Å². The summed E-state index contributed by atoms with van der Waals surface area (Å²) in [4.78, 5) is 57.5. The van der Waals surface area contributed by atoms with Gasteiger partial charge in [0.2, 0.25) is 17.7 Å². The summed E-state index contributed by atoms with van der Waals surface area (Å²) in [5, 5.41) is 0.403. The molecule has 3 aliphatic rings. The number of hydrogen-bond donors (Lipinski definition) is 0. The van der Waals surface area contributed by atoms with Gasteiger partial charge < -0.3 is 4.90 Å². The molecule has 0 bridgehead atoms. The Kier molecular flexibility index (Phi) is 7.00. The molecule has 3 aromatic rings. The lowest BCUT2D eigenvalue weighted by molar-refractivity contribution is -0.133. The number of carbonyl (C=O) groups excluding carboxylic acids is 3. The number of nitrogens with zero attached hydrogens (tertiary/aromatic N) is 3. The third-order valence-corrected chi connectivity index (χ3v) is 10.7. The number of thioether (sulfide) groups is 1. The molecule has 0 unspecified atom stereocenters. The number of fused-ring (bicyclic) bond motifs is 2.